The number of hydrogen-bond acceptors (Lipinski definition) is 4. The second-order valence-electron chi connectivity index (χ2n) is 7.75. The number of benzene rings is 2. The zero-order chi connectivity index (χ0) is 19.5. The minimum atomic E-state index is -0.458. The number of aromatic nitrogens is 2. The number of nitrogens with zero attached hydrogens (tertiary/aromatic N) is 2. The van der Waals surface area contributed by atoms with E-state index in [2.05, 4.69) is 33.3 Å². The Bertz CT molecular complexity index is 921. The second kappa shape index (κ2) is 8.17. The molecule has 0 amide bonds. The molecule has 1 aliphatic rings. The number of ether oxygens (including phenoxy) is 1. The van der Waals surface area contributed by atoms with Crippen LogP contribution in [0.2, 0.25) is 0 Å². The fourth-order valence-electron chi connectivity index (χ4n) is 3.70. The molecule has 1 aliphatic heterocycles. The monoisotopic (exact) mass is 377 g/mol. The average molecular weight is 377 g/mol. The lowest BCUT2D eigenvalue weighted by Gasteiger charge is -2.20. The van der Waals surface area contributed by atoms with Gasteiger partial charge in [-0.05, 0) is 29.2 Å². The van der Waals surface area contributed by atoms with Crippen molar-refractivity contribution >= 4 is 0 Å². The minimum absolute atomic E-state index is 0.181. The van der Waals surface area contributed by atoms with Gasteiger partial charge >= 0.3 is 0 Å². The number of nitrogens with one attached hydrogen (secondary N) is 1. The molecule has 3 aromatic rings. The zero-order valence-corrected chi connectivity index (χ0v) is 16.4. The van der Waals surface area contributed by atoms with Crippen LogP contribution in [0.5, 0.6) is 5.75 Å². The van der Waals surface area contributed by atoms with E-state index in [0.29, 0.717) is 6.61 Å². The second-order valence-corrected chi connectivity index (χ2v) is 7.75. The Labute approximate surface area is 166 Å². The predicted octanol–water partition coefficient (Wildman–Crippen LogP) is 4.16. The van der Waals surface area contributed by atoms with E-state index >= 15 is 0 Å². The first kappa shape index (κ1) is 18.7. The molecule has 0 bridgehead atoms. The van der Waals surface area contributed by atoms with Gasteiger partial charge in [-0.25, -0.2) is 0 Å². The van der Waals surface area contributed by atoms with Gasteiger partial charge in [0.2, 0.25) is 0 Å². The largest absolute Gasteiger partial charge is 0.492 e. The molecule has 0 radical (unpaired) electrons. The quantitative estimate of drug-likeness (QED) is 0.701. The lowest BCUT2D eigenvalue weighted by molar-refractivity contribution is 0.126. The van der Waals surface area contributed by atoms with Crippen LogP contribution in [0.1, 0.15) is 36.6 Å². The van der Waals surface area contributed by atoms with Crippen molar-refractivity contribution in [1.82, 2.24) is 15.1 Å². The van der Waals surface area contributed by atoms with Gasteiger partial charge in [0.25, 0.3) is 0 Å². The molecular formula is C23H27N3O2. The summed E-state index contributed by atoms with van der Waals surface area (Å²) in [6.45, 7) is 7.13. The van der Waals surface area contributed by atoms with Crippen molar-refractivity contribution < 1.29 is 9.84 Å². The first-order valence-corrected chi connectivity index (χ1v) is 9.85. The normalized spacial score (nSPS) is 15.7. The number of aliphatic hydroxyl groups is 1. The maximum Gasteiger partial charge on any atom is 0.123 e. The fourth-order valence-corrected chi connectivity index (χ4v) is 3.70. The molecule has 28 heavy (non-hydrogen) atoms. The standard InChI is InChI=1S/C23H27N3O2/c1-16(2)23(27)18-8-9-21-19(12-18)14-26(10-11-28-21)15-20-13-24-25-22(20)17-6-4-3-5-7-17/h3-9,12-13,16,23,27H,10-11,14-15H2,1-2H3,(H,24,25). The molecule has 0 fully saturated rings. The Kier molecular flexibility index (Phi) is 5.46. The first-order chi connectivity index (χ1) is 13.6. The highest BCUT2D eigenvalue weighted by Crippen LogP contribution is 2.30. The molecule has 5 heteroatoms. The summed E-state index contributed by atoms with van der Waals surface area (Å²) in [6, 6.07) is 16.3. The van der Waals surface area contributed by atoms with Gasteiger partial charge in [-0.1, -0.05) is 50.2 Å². The average Bonchev–Trinajstić information content (AvgIpc) is 3.07. The van der Waals surface area contributed by atoms with E-state index in [1.165, 1.54) is 5.56 Å². The lowest BCUT2D eigenvalue weighted by Crippen LogP contribution is -2.25. The number of H-pyrrole nitrogens is 1. The molecule has 4 rings (SSSR count). The van der Waals surface area contributed by atoms with Crippen LogP contribution in [0.4, 0.5) is 0 Å². The topological polar surface area (TPSA) is 61.4 Å². The highest BCUT2D eigenvalue weighted by atomic mass is 16.5. The van der Waals surface area contributed by atoms with Crippen molar-refractivity contribution in [1.29, 1.82) is 0 Å². The molecule has 1 atom stereocenters. The van der Waals surface area contributed by atoms with E-state index in [9.17, 15) is 5.11 Å². The Balaban J connectivity index is 1.56. The predicted molar refractivity (Wildman–Crippen MR) is 110 cm³/mol. The SMILES string of the molecule is CC(C)C(O)c1ccc2c(c1)CN(Cc1cn[nH]c1-c1ccccc1)CCO2. The fraction of sp³-hybridized carbons (Fsp3) is 0.348. The maximum atomic E-state index is 10.4. The molecule has 1 aromatic heterocycles. The number of rotatable bonds is 5. The molecular weight excluding hydrogens is 350 g/mol. The van der Waals surface area contributed by atoms with Gasteiger partial charge in [0.05, 0.1) is 18.0 Å². The van der Waals surface area contributed by atoms with Crippen LogP contribution >= 0.6 is 0 Å². The van der Waals surface area contributed by atoms with E-state index in [-0.39, 0.29) is 5.92 Å². The summed E-state index contributed by atoms with van der Waals surface area (Å²) in [6.07, 6.45) is 1.45. The van der Waals surface area contributed by atoms with Crippen molar-refractivity contribution in [2.24, 2.45) is 5.92 Å². The molecule has 0 saturated carbocycles. The van der Waals surface area contributed by atoms with Crippen LogP contribution in [0.3, 0.4) is 0 Å². The van der Waals surface area contributed by atoms with Gasteiger partial charge in [0.1, 0.15) is 12.4 Å². The van der Waals surface area contributed by atoms with E-state index in [1.54, 1.807) is 0 Å². The molecule has 0 aliphatic carbocycles. The van der Waals surface area contributed by atoms with Gasteiger partial charge in [-0.15, -0.1) is 0 Å². The summed E-state index contributed by atoms with van der Waals surface area (Å²) in [4.78, 5) is 2.37. The highest BCUT2D eigenvalue weighted by Gasteiger charge is 2.20. The van der Waals surface area contributed by atoms with Crippen molar-refractivity contribution in [2.75, 3.05) is 13.2 Å². The van der Waals surface area contributed by atoms with Gasteiger partial charge in [-0.2, -0.15) is 5.10 Å². The van der Waals surface area contributed by atoms with Crippen molar-refractivity contribution in [2.45, 2.75) is 33.0 Å². The van der Waals surface area contributed by atoms with Crippen LogP contribution in [0.15, 0.2) is 54.7 Å². The number of aliphatic hydroxyl groups excluding tert-OH is 1. The first-order valence-electron chi connectivity index (χ1n) is 9.85. The van der Waals surface area contributed by atoms with Crippen LogP contribution in [-0.4, -0.2) is 33.4 Å². The third kappa shape index (κ3) is 3.96. The van der Waals surface area contributed by atoms with Gasteiger partial charge in [0.15, 0.2) is 0 Å². The Morgan fingerprint density at radius 1 is 1.18 bits per heavy atom. The summed E-state index contributed by atoms with van der Waals surface area (Å²) in [5.74, 6) is 1.10. The zero-order valence-electron chi connectivity index (χ0n) is 16.4. The van der Waals surface area contributed by atoms with Crippen LogP contribution in [0.25, 0.3) is 11.3 Å². The maximum absolute atomic E-state index is 10.4. The molecule has 2 heterocycles. The number of fused-ring (bicyclic) bond motifs is 1. The molecule has 5 nitrogen and oxygen atoms in total. The van der Waals surface area contributed by atoms with Crippen molar-refractivity contribution in [3.63, 3.8) is 0 Å². The van der Waals surface area contributed by atoms with Crippen molar-refractivity contribution in [3.8, 4) is 17.0 Å². The summed E-state index contributed by atoms with van der Waals surface area (Å²) >= 11 is 0. The minimum Gasteiger partial charge on any atom is -0.492 e. The van der Waals surface area contributed by atoms with E-state index in [4.69, 9.17) is 4.74 Å². The van der Waals surface area contributed by atoms with Gasteiger partial charge in [0, 0.05) is 30.8 Å². The Morgan fingerprint density at radius 2 is 2.00 bits per heavy atom. The Hall–Kier alpha value is -2.63. The molecule has 1 unspecified atom stereocenters. The summed E-state index contributed by atoms with van der Waals surface area (Å²) in [5, 5.41) is 17.9. The number of hydrogen-bond donors (Lipinski definition) is 2. The third-order valence-electron chi connectivity index (χ3n) is 5.29. The molecule has 0 saturated heterocycles. The van der Waals surface area contributed by atoms with Crippen molar-refractivity contribution in [3.05, 3.63) is 71.4 Å². The molecule has 2 N–H and O–H groups in total. The smallest absolute Gasteiger partial charge is 0.123 e. The lowest BCUT2D eigenvalue weighted by atomic mass is 9.97. The van der Waals surface area contributed by atoms with E-state index in [0.717, 1.165) is 47.8 Å². The summed E-state index contributed by atoms with van der Waals surface area (Å²) in [5.41, 5.74) is 5.46. The van der Waals surface area contributed by atoms with E-state index < -0.39 is 6.10 Å². The van der Waals surface area contributed by atoms with Crippen LogP contribution < -0.4 is 4.74 Å². The van der Waals surface area contributed by atoms with Crippen LogP contribution in [0, 0.1) is 5.92 Å². The molecule has 2 aromatic carbocycles. The summed E-state index contributed by atoms with van der Waals surface area (Å²) < 4.78 is 5.96. The Morgan fingerprint density at radius 3 is 2.79 bits per heavy atom. The van der Waals surface area contributed by atoms with Gasteiger partial charge in [-0.3, -0.25) is 10.00 Å². The van der Waals surface area contributed by atoms with Crippen LogP contribution in [-0.2, 0) is 13.1 Å². The molecule has 146 valence electrons. The van der Waals surface area contributed by atoms with E-state index in [1.807, 2.05) is 50.4 Å². The molecule has 0 spiro atoms. The third-order valence-corrected chi connectivity index (χ3v) is 5.29. The summed E-state index contributed by atoms with van der Waals surface area (Å²) in [7, 11) is 0. The highest BCUT2D eigenvalue weighted by molar-refractivity contribution is 5.62. The van der Waals surface area contributed by atoms with Gasteiger partial charge < -0.3 is 9.84 Å². The number of aromatic amines is 1.